The SMILES string of the molecule is Cc1ccccc1NS(=O)(=O)c1ccc(NC(=O)c2ccc(Cl)cc2Cl)cc1. The maximum Gasteiger partial charge on any atom is 0.261 e. The van der Waals surface area contributed by atoms with Crippen LogP contribution < -0.4 is 10.0 Å². The Kier molecular flexibility index (Phi) is 5.93. The van der Waals surface area contributed by atoms with Crippen LogP contribution in [0.15, 0.2) is 71.6 Å². The number of carbonyl (C=O) groups excluding carboxylic acids is 1. The van der Waals surface area contributed by atoms with Crippen molar-refractivity contribution in [3.8, 4) is 0 Å². The van der Waals surface area contributed by atoms with Gasteiger partial charge in [0.05, 0.1) is 21.2 Å². The van der Waals surface area contributed by atoms with Gasteiger partial charge in [-0.3, -0.25) is 9.52 Å². The zero-order chi connectivity index (χ0) is 20.3. The van der Waals surface area contributed by atoms with Gasteiger partial charge in [0, 0.05) is 10.7 Å². The standard InChI is InChI=1S/C20H16Cl2N2O3S/c1-13-4-2-3-5-19(13)24-28(26,27)16-9-7-15(8-10-16)23-20(25)17-11-6-14(21)12-18(17)22/h2-12,24H,1H3,(H,23,25). The molecule has 0 aliphatic carbocycles. The van der Waals surface area contributed by atoms with Crippen LogP contribution in [0, 0.1) is 6.92 Å². The summed E-state index contributed by atoms with van der Waals surface area (Å²) in [4.78, 5) is 12.4. The predicted molar refractivity (Wildman–Crippen MR) is 113 cm³/mol. The third kappa shape index (κ3) is 4.65. The van der Waals surface area contributed by atoms with E-state index in [4.69, 9.17) is 23.2 Å². The third-order valence-corrected chi connectivity index (χ3v) is 5.92. The van der Waals surface area contributed by atoms with Gasteiger partial charge in [-0.2, -0.15) is 0 Å². The quantitative estimate of drug-likeness (QED) is 0.567. The molecular formula is C20H16Cl2N2O3S. The maximum atomic E-state index is 12.6. The Morgan fingerprint density at radius 3 is 2.25 bits per heavy atom. The summed E-state index contributed by atoms with van der Waals surface area (Å²) in [6.07, 6.45) is 0. The first kappa shape index (κ1) is 20.2. The summed E-state index contributed by atoms with van der Waals surface area (Å²) in [7, 11) is -3.74. The van der Waals surface area contributed by atoms with E-state index in [0.29, 0.717) is 16.4 Å². The molecule has 0 aliphatic rings. The molecule has 0 unspecified atom stereocenters. The van der Waals surface area contributed by atoms with Crippen molar-refractivity contribution in [3.63, 3.8) is 0 Å². The topological polar surface area (TPSA) is 75.3 Å². The van der Waals surface area contributed by atoms with Gasteiger partial charge in [-0.05, 0) is 61.0 Å². The summed E-state index contributed by atoms with van der Waals surface area (Å²) in [5.41, 5.74) is 2.03. The molecule has 8 heteroatoms. The number of hydrogen-bond acceptors (Lipinski definition) is 3. The number of para-hydroxylation sites is 1. The number of anilines is 2. The molecule has 0 saturated carbocycles. The van der Waals surface area contributed by atoms with Crippen LogP contribution in [0.25, 0.3) is 0 Å². The molecule has 5 nitrogen and oxygen atoms in total. The molecular weight excluding hydrogens is 419 g/mol. The Balaban J connectivity index is 1.76. The molecule has 144 valence electrons. The second kappa shape index (κ2) is 8.22. The highest BCUT2D eigenvalue weighted by molar-refractivity contribution is 7.92. The first-order valence-electron chi connectivity index (χ1n) is 8.21. The Labute approximate surface area is 173 Å². The number of benzene rings is 3. The van der Waals surface area contributed by atoms with E-state index in [1.165, 1.54) is 36.4 Å². The number of nitrogens with one attached hydrogen (secondary N) is 2. The van der Waals surface area contributed by atoms with Gasteiger partial charge in [0.2, 0.25) is 0 Å². The number of halogens is 2. The molecule has 0 radical (unpaired) electrons. The van der Waals surface area contributed by atoms with Crippen molar-refractivity contribution in [1.82, 2.24) is 0 Å². The molecule has 2 N–H and O–H groups in total. The Hall–Kier alpha value is -2.54. The average molecular weight is 435 g/mol. The van der Waals surface area contributed by atoms with Crippen molar-refractivity contribution >= 4 is 50.5 Å². The van der Waals surface area contributed by atoms with Crippen molar-refractivity contribution in [2.24, 2.45) is 0 Å². The molecule has 28 heavy (non-hydrogen) atoms. The lowest BCUT2D eigenvalue weighted by Crippen LogP contribution is -2.15. The highest BCUT2D eigenvalue weighted by Crippen LogP contribution is 2.23. The Bertz CT molecular complexity index is 1130. The van der Waals surface area contributed by atoms with Gasteiger partial charge < -0.3 is 5.32 Å². The van der Waals surface area contributed by atoms with Crippen LogP contribution in [-0.4, -0.2) is 14.3 Å². The van der Waals surface area contributed by atoms with Crippen molar-refractivity contribution in [2.75, 3.05) is 10.0 Å². The number of aryl methyl sites for hydroxylation is 1. The fourth-order valence-electron chi connectivity index (χ4n) is 2.48. The zero-order valence-electron chi connectivity index (χ0n) is 14.7. The average Bonchev–Trinajstić information content (AvgIpc) is 2.64. The van der Waals surface area contributed by atoms with Crippen LogP contribution in [0.2, 0.25) is 10.0 Å². The molecule has 1 amide bonds. The van der Waals surface area contributed by atoms with Crippen LogP contribution in [0.3, 0.4) is 0 Å². The lowest BCUT2D eigenvalue weighted by atomic mass is 10.2. The molecule has 3 rings (SSSR count). The molecule has 0 aliphatic heterocycles. The number of sulfonamides is 1. The van der Waals surface area contributed by atoms with Crippen molar-refractivity contribution in [2.45, 2.75) is 11.8 Å². The number of carbonyl (C=O) groups is 1. The molecule has 0 aromatic heterocycles. The Morgan fingerprint density at radius 1 is 0.929 bits per heavy atom. The summed E-state index contributed by atoms with van der Waals surface area (Å²) in [6.45, 7) is 1.82. The van der Waals surface area contributed by atoms with Crippen molar-refractivity contribution in [1.29, 1.82) is 0 Å². The summed E-state index contributed by atoms with van der Waals surface area (Å²) < 4.78 is 27.7. The summed E-state index contributed by atoms with van der Waals surface area (Å²) in [5.74, 6) is -0.421. The van der Waals surface area contributed by atoms with E-state index >= 15 is 0 Å². The summed E-state index contributed by atoms with van der Waals surface area (Å²) in [5, 5.41) is 3.33. The van der Waals surface area contributed by atoms with Crippen molar-refractivity contribution < 1.29 is 13.2 Å². The van der Waals surface area contributed by atoms with Gasteiger partial charge in [0.1, 0.15) is 0 Å². The number of hydrogen-bond donors (Lipinski definition) is 2. The van der Waals surface area contributed by atoms with Crippen LogP contribution >= 0.6 is 23.2 Å². The van der Waals surface area contributed by atoms with E-state index in [1.54, 1.807) is 18.2 Å². The van der Waals surface area contributed by atoms with E-state index in [9.17, 15) is 13.2 Å². The van der Waals surface area contributed by atoms with E-state index in [0.717, 1.165) is 5.56 Å². The largest absolute Gasteiger partial charge is 0.322 e. The Morgan fingerprint density at radius 2 is 1.61 bits per heavy atom. The van der Waals surface area contributed by atoms with Crippen LogP contribution in [-0.2, 0) is 10.0 Å². The lowest BCUT2D eigenvalue weighted by molar-refractivity contribution is 0.102. The molecule has 0 saturated heterocycles. The normalized spacial score (nSPS) is 11.1. The zero-order valence-corrected chi connectivity index (χ0v) is 17.1. The van der Waals surface area contributed by atoms with E-state index in [1.807, 2.05) is 19.1 Å². The monoisotopic (exact) mass is 434 g/mol. The molecule has 0 heterocycles. The fourth-order valence-corrected chi connectivity index (χ4v) is 4.11. The second-order valence-electron chi connectivity index (χ2n) is 6.02. The first-order chi connectivity index (χ1) is 13.3. The number of rotatable bonds is 5. The minimum atomic E-state index is -3.74. The summed E-state index contributed by atoms with van der Waals surface area (Å²) in [6, 6.07) is 17.5. The van der Waals surface area contributed by atoms with Crippen LogP contribution in [0.5, 0.6) is 0 Å². The lowest BCUT2D eigenvalue weighted by Gasteiger charge is -2.11. The van der Waals surface area contributed by atoms with Crippen LogP contribution in [0.1, 0.15) is 15.9 Å². The fraction of sp³-hybridized carbons (Fsp3) is 0.0500. The molecule has 3 aromatic rings. The highest BCUT2D eigenvalue weighted by Gasteiger charge is 2.16. The summed E-state index contributed by atoms with van der Waals surface area (Å²) >= 11 is 11.9. The minimum Gasteiger partial charge on any atom is -0.322 e. The van der Waals surface area contributed by atoms with E-state index in [-0.39, 0.29) is 15.5 Å². The van der Waals surface area contributed by atoms with Crippen LogP contribution in [0.4, 0.5) is 11.4 Å². The van der Waals surface area contributed by atoms with Crippen molar-refractivity contribution in [3.05, 3.63) is 87.9 Å². The molecule has 0 spiro atoms. The minimum absolute atomic E-state index is 0.0817. The first-order valence-corrected chi connectivity index (χ1v) is 10.4. The smallest absolute Gasteiger partial charge is 0.261 e. The van der Waals surface area contributed by atoms with Gasteiger partial charge in [-0.25, -0.2) is 8.42 Å². The maximum absolute atomic E-state index is 12.6. The van der Waals surface area contributed by atoms with Gasteiger partial charge in [-0.15, -0.1) is 0 Å². The van der Waals surface area contributed by atoms with E-state index in [2.05, 4.69) is 10.0 Å². The van der Waals surface area contributed by atoms with Gasteiger partial charge >= 0.3 is 0 Å². The van der Waals surface area contributed by atoms with Gasteiger partial charge in [-0.1, -0.05) is 41.4 Å². The van der Waals surface area contributed by atoms with Gasteiger partial charge in [0.15, 0.2) is 0 Å². The molecule has 3 aromatic carbocycles. The third-order valence-electron chi connectivity index (χ3n) is 3.99. The second-order valence-corrected chi connectivity index (χ2v) is 8.55. The van der Waals surface area contributed by atoms with Gasteiger partial charge in [0.25, 0.3) is 15.9 Å². The predicted octanol–water partition coefficient (Wildman–Crippen LogP) is 5.35. The number of amides is 1. The molecule has 0 bridgehead atoms. The molecule has 0 atom stereocenters. The highest BCUT2D eigenvalue weighted by atomic mass is 35.5. The molecule has 0 fully saturated rings. The van der Waals surface area contributed by atoms with E-state index < -0.39 is 15.9 Å².